The molecule has 4 rings (SSSR count). The van der Waals surface area contributed by atoms with E-state index in [1.54, 1.807) is 7.11 Å². The molecule has 0 spiro atoms. The molecule has 0 saturated heterocycles. The number of rotatable bonds is 4. The third-order valence-corrected chi connectivity index (χ3v) is 5.83. The Morgan fingerprint density at radius 3 is 2.45 bits per heavy atom. The molecule has 0 aliphatic heterocycles. The van der Waals surface area contributed by atoms with E-state index in [9.17, 15) is 4.79 Å². The molecule has 146 valence electrons. The maximum absolute atomic E-state index is 13.0. The number of methoxy groups -OCH3 is 1. The van der Waals surface area contributed by atoms with Gasteiger partial charge >= 0.3 is 0 Å². The van der Waals surface area contributed by atoms with Gasteiger partial charge < -0.3 is 4.74 Å². The SMILES string of the molecule is COc1ccc(-c2nc(NC(=O)c3c(C)nc4ccccc4c3C)sc2C)cc1. The van der Waals surface area contributed by atoms with Crippen LogP contribution in [0.25, 0.3) is 22.2 Å². The Balaban J connectivity index is 1.65. The van der Waals surface area contributed by atoms with E-state index in [4.69, 9.17) is 4.74 Å². The normalized spacial score (nSPS) is 10.9. The summed E-state index contributed by atoms with van der Waals surface area (Å²) in [5, 5.41) is 4.52. The summed E-state index contributed by atoms with van der Waals surface area (Å²) in [6, 6.07) is 15.6. The lowest BCUT2D eigenvalue weighted by atomic mass is 10.0. The van der Waals surface area contributed by atoms with Crippen LogP contribution < -0.4 is 10.1 Å². The minimum absolute atomic E-state index is 0.187. The molecule has 0 radical (unpaired) electrons. The van der Waals surface area contributed by atoms with Gasteiger partial charge in [0.2, 0.25) is 0 Å². The summed E-state index contributed by atoms with van der Waals surface area (Å²) in [4.78, 5) is 23.3. The number of aromatic nitrogens is 2. The molecule has 2 heterocycles. The fourth-order valence-corrected chi connectivity index (χ4v) is 4.32. The van der Waals surface area contributed by atoms with E-state index in [0.29, 0.717) is 16.4 Å². The Morgan fingerprint density at radius 1 is 1.00 bits per heavy atom. The topological polar surface area (TPSA) is 64.1 Å². The zero-order chi connectivity index (χ0) is 20.5. The van der Waals surface area contributed by atoms with Crippen molar-refractivity contribution in [2.24, 2.45) is 0 Å². The van der Waals surface area contributed by atoms with Gasteiger partial charge in [0, 0.05) is 15.8 Å². The van der Waals surface area contributed by atoms with E-state index in [0.717, 1.165) is 38.4 Å². The summed E-state index contributed by atoms with van der Waals surface area (Å²) in [6.07, 6.45) is 0. The minimum atomic E-state index is -0.187. The van der Waals surface area contributed by atoms with Crippen molar-refractivity contribution in [2.75, 3.05) is 12.4 Å². The van der Waals surface area contributed by atoms with Crippen molar-refractivity contribution in [3.8, 4) is 17.0 Å². The number of carbonyl (C=O) groups is 1. The average Bonchev–Trinajstić information content (AvgIpc) is 3.08. The number of fused-ring (bicyclic) bond motifs is 1. The maximum Gasteiger partial charge on any atom is 0.259 e. The summed E-state index contributed by atoms with van der Waals surface area (Å²) >= 11 is 1.46. The number of nitrogens with one attached hydrogen (secondary N) is 1. The lowest BCUT2D eigenvalue weighted by Crippen LogP contribution is -2.16. The highest BCUT2D eigenvalue weighted by molar-refractivity contribution is 7.16. The molecule has 1 N–H and O–H groups in total. The Bertz CT molecular complexity index is 1210. The van der Waals surface area contributed by atoms with Crippen LogP contribution in [0.1, 0.15) is 26.5 Å². The fraction of sp³-hybridized carbons (Fsp3) is 0.174. The minimum Gasteiger partial charge on any atom is -0.497 e. The van der Waals surface area contributed by atoms with Gasteiger partial charge in [0.15, 0.2) is 5.13 Å². The van der Waals surface area contributed by atoms with Crippen LogP contribution >= 0.6 is 11.3 Å². The smallest absolute Gasteiger partial charge is 0.259 e. The van der Waals surface area contributed by atoms with Crippen molar-refractivity contribution in [3.63, 3.8) is 0 Å². The maximum atomic E-state index is 13.0. The molecular formula is C23H21N3O2S. The summed E-state index contributed by atoms with van der Waals surface area (Å²) in [5.41, 5.74) is 4.97. The Labute approximate surface area is 173 Å². The average molecular weight is 404 g/mol. The van der Waals surface area contributed by atoms with Crippen LogP contribution in [0.3, 0.4) is 0 Å². The van der Waals surface area contributed by atoms with E-state index >= 15 is 0 Å². The van der Waals surface area contributed by atoms with Gasteiger partial charge in [-0.05, 0) is 56.7 Å². The quantitative estimate of drug-likeness (QED) is 0.486. The Hall–Kier alpha value is -3.25. The number of ether oxygens (including phenoxy) is 1. The molecule has 0 bridgehead atoms. The van der Waals surface area contributed by atoms with Crippen LogP contribution in [-0.4, -0.2) is 23.0 Å². The number of aryl methyl sites for hydroxylation is 3. The van der Waals surface area contributed by atoms with Crippen LogP contribution in [0.4, 0.5) is 5.13 Å². The molecule has 5 nitrogen and oxygen atoms in total. The summed E-state index contributed by atoms with van der Waals surface area (Å²) in [5.74, 6) is 0.609. The van der Waals surface area contributed by atoms with E-state index in [-0.39, 0.29) is 5.91 Å². The van der Waals surface area contributed by atoms with Crippen molar-refractivity contribution in [2.45, 2.75) is 20.8 Å². The Kier molecular flexibility index (Phi) is 5.03. The lowest BCUT2D eigenvalue weighted by molar-refractivity contribution is 0.102. The molecule has 0 aliphatic rings. The van der Waals surface area contributed by atoms with Gasteiger partial charge in [0.05, 0.1) is 29.6 Å². The third kappa shape index (κ3) is 3.59. The number of para-hydroxylation sites is 1. The number of anilines is 1. The molecular weight excluding hydrogens is 382 g/mol. The number of amides is 1. The summed E-state index contributed by atoms with van der Waals surface area (Å²) in [7, 11) is 1.64. The molecule has 0 fully saturated rings. The largest absolute Gasteiger partial charge is 0.497 e. The number of nitrogens with zero attached hydrogens (tertiary/aromatic N) is 2. The number of hydrogen-bond donors (Lipinski definition) is 1. The van der Waals surface area contributed by atoms with Gasteiger partial charge in [-0.25, -0.2) is 4.98 Å². The summed E-state index contributed by atoms with van der Waals surface area (Å²) in [6.45, 7) is 5.83. The second kappa shape index (κ2) is 7.64. The number of pyridine rings is 1. The van der Waals surface area contributed by atoms with Gasteiger partial charge in [-0.1, -0.05) is 18.2 Å². The number of hydrogen-bond acceptors (Lipinski definition) is 5. The van der Waals surface area contributed by atoms with E-state index < -0.39 is 0 Å². The van der Waals surface area contributed by atoms with Crippen LogP contribution in [0, 0.1) is 20.8 Å². The highest BCUT2D eigenvalue weighted by Crippen LogP contribution is 2.32. The number of thiazole rings is 1. The first kappa shape index (κ1) is 19.1. The Morgan fingerprint density at radius 2 is 1.72 bits per heavy atom. The van der Waals surface area contributed by atoms with Crippen LogP contribution in [0.2, 0.25) is 0 Å². The molecule has 2 aromatic heterocycles. The van der Waals surface area contributed by atoms with Crippen LogP contribution in [0.15, 0.2) is 48.5 Å². The zero-order valence-corrected chi connectivity index (χ0v) is 17.6. The molecule has 0 unspecified atom stereocenters. The van der Waals surface area contributed by atoms with Crippen molar-refractivity contribution < 1.29 is 9.53 Å². The third-order valence-electron chi connectivity index (χ3n) is 4.94. The number of carbonyl (C=O) groups excluding carboxylic acids is 1. The molecule has 0 aliphatic carbocycles. The second-order valence-corrected chi connectivity index (χ2v) is 8.02. The van der Waals surface area contributed by atoms with Gasteiger partial charge in [-0.15, -0.1) is 11.3 Å². The molecule has 0 atom stereocenters. The molecule has 6 heteroatoms. The van der Waals surface area contributed by atoms with E-state index in [1.807, 2.05) is 69.3 Å². The second-order valence-electron chi connectivity index (χ2n) is 6.82. The predicted octanol–water partition coefficient (Wildman–Crippen LogP) is 5.54. The standard InChI is InChI=1S/C23H21N3O2S/c1-13-18-7-5-6-8-19(18)24-14(2)20(13)22(27)26-23-25-21(15(3)29-23)16-9-11-17(28-4)12-10-16/h5-12H,1-4H3,(H,25,26,27). The van der Waals surface area contributed by atoms with Gasteiger partial charge in [0.25, 0.3) is 5.91 Å². The fourth-order valence-electron chi connectivity index (χ4n) is 3.49. The first-order valence-corrected chi connectivity index (χ1v) is 10.1. The monoisotopic (exact) mass is 403 g/mol. The van der Waals surface area contributed by atoms with E-state index in [2.05, 4.69) is 15.3 Å². The predicted molar refractivity (Wildman–Crippen MR) is 118 cm³/mol. The van der Waals surface area contributed by atoms with Crippen molar-refractivity contribution in [1.29, 1.82) is 0 Å². The van der Waals surface area contributed by atoms with E-state index in [1.165, 1.54) is 11.3 Å². The zero-order valence-electron chi connectivity index (χ0n) is 16.7. The van der Waals surface area contributed by atoms with Gasteiger partial charge in [-0.3, -0.25) is 15.1 Å². The molecule has 4 aromatic rings. The highest BCUT2D eigenvalue weighted by atomic mass is 32.1. The molecule has 2 aromatic carbocycles. The highest BCUT2D eigenvalue weighted by Gasteiger charge is 2.19. The van der Waals surface area contributed by atoms with Crippen molar-refractivity contribution in [3.05, 3.63) is 70.2 Å². The first-order chi connectivity index (χ1) is 14.0. The number of benzene rings is 2. The molecule has 1 amide bonds. The van der Waals surface area contributed by atoms with Crippen molar-refractivity contribution in [1.82, 2.24) is 9.97 Å². The lowest BCUT2D eigenvalue weighted by Gasteiger charge is -2.11. The van der Waals surface area contributed by atoms with Crippen molar-refractivity contribution >= 4 is 33.3 Å². The molecule has 29 heavy (non-hydrogen) atoms. The summed E-state index contributed by atoms with van der Waals surface area (Å²) < 4.78 is 5.21. The van der Waals surface area contributed by atoms with Crippen LogP contribution in [0.5, 0.6) is 5.75 Å². The van der Waals surface area contributed by atoms with Gasteiger partial charge in [-0.2, -0.15) is 0 Å². The first-order valence-electron chi connectivity index (χ1n) is 9.27. The molecule has 0 saturated carbocycles. The van der Waals surface area contributed by atoms with Crippen LogP contribution in [-0.2, 0) is 0 Å². The van der Waals surface area contributed by atoms with Gasteiger partial charge in [0.1, 0.15) is 5.75 Å².